The van der Waals surface area contributed by atoms with Crippen LogP contribution in [-0.2, 0) is 6.54 Å². The SMILES string of the molecule is COc1ccc(CNc2nccc3n[nH]c(C4CCCCCCC4)c23)c(OC)c1. The summed E-state index contributed by atoms with van der Waals surface area (Å²) in [6, 6.07) is 7.86. The Bertz CT molecular complexity index is 945. The van der Waals surface area contributed by atoms with Crippen LogP contribution in [0.4, 0.5) is 5.82 Å². The van der Waals surface area contributed by atoms with Gasteiger partial charge in [0.15, 0.2) is 0 Å². The van der Waals surface area contributed by atoms with E-state index in [2.05, 4.69) is 20.5 Å². The van der Waals surface area contributed by atoms with Gasteiger partial charge in [-0.05, 0) is 31.0 Å². The van der Waals surface area contributed by atoms with Gasteiger partial charge in [-0.2, -0.15) is 5.10 Å². The quantitative estimate of drug-likeness (QED) is 0.584. The Morgan fingerprint density at radius 2 is 1.83 bits per heavy atom. The van der Waals surface area contributed by atoms with Crippen LogP contribution in [0.3, 0.4) is 0 Å². The first kappa shape index (κ1) is 19.6. The molecule has 1 aromatic carbocycles. The third kappa shape index (κ3) is 4.31. The van der Waals surface area contributed by atoms with E-state index < -0.39 is 0 Å². The van der Waals surface area contributed by atoms with E-state index in [0.717, 1.165) is 33.8 Å². The monoisotopic (exact) mass is 394 g/mol. The van der Waals surface area contributed by atoms with E-state index in [-0.39, 0.29) is 0 Å². The molecule has 0 atom stereocenters. The number of methoxy groups -OCH3 is 2. The molecule has 1 aliphatic carbocycles. The summed E-state index contributed by atoms with van der Waals surface area (Å²) in [5.41, 5.74) is 3.27. The molecule has 0 unspecified atom stereocenters. The number of hydrogen-bond donors (Lipinski definition) is 2. The van der Waals surface area contributed by atoms with Crippen LogP contribution in [0.15, 0.2) is 30.5 Å². The molecule has 0 radical (unpaired) electrons. The van der Waals surface area contributed by atoms with Gasteiger partial charge in [-0.3, -0.25) is 5.10 Å². The maximum atomic E-state index is 5.53. The van der Waals surface area contributed by atoms with Crippen LogP contribution in [0.1, 0.15) is 62.1 Å². The number of ether oxygens (including phenoxy) is 2. The molecule has 2 heterocycles. The fourth-order valence-corrected chi connectivity index (χ4v) is 4.34. The zero-order valence-corrected chi connectivity index (χ0v) is 17.3. The lowest BCUT2D eigenvalue weighted by atomic mass is 9.88. The molecule has 1 aliphatic rings. The Morgan fingerprint density at radius 1 is 1.03 bits per heavy atom. The van der Waals surface area contributed by atoms with Crippen LogP contribution >= 0.6 is 0 Å². The molecule has 0 amide bonds. The number of hydrogen-bond acceptors (Lipinski definition) is 5. The minimum absolute atomic E-state index is 0.528. The summed E-state index contributed by atoms with van der Waals surface area (Å²) in [6.45, 7) is 0.620. The van der Waals surface area contributed by atoms with Gasteiger partial charge < -0.3 is 14.8 Å². The standard InChI is InChI=1S/C23H30N4O2/c1-28-18-11-10-17(20(14-18)29-2)15-25-23-21-19(12-13-24-23)26-27-22(21)16-8-6-4-3-5-7-9-16/h10-14,16H,3-9,15H2,1-2H3,(H,24,25)(H,26,27). The van der Waals surface area contributed by atoms with E-state index in [1.807, 2.05) is 30.5 Å². The van der Waals surface area contributed by atoms with Crippen molar-refractivity contribution in [2.24, 2.45) is 0 Å². The number of fused-ring (bicyclic) bond motifs is 1. The minimum Gasteiger partial charge on any atom is -0.497 e. The molecular formula is C23H30N4O2. The number of nitrogens with zero attached hydrogens (tertiary/aromatic N) is 2. The molecule has 3 aromatic rings. The molecule has 154 valence electrons. The topological polar surface area (TPSA) is 72.1 Å². The largest absolute Gasteiger partial charge is 0.497 e. The maximum Gasteiger partial charge on any atom is 0.137 e. The highest BCUT2D eigenvalue weighted by Crippen LogP contribution is 2.36. The molecule has 1 fully saturated rings. The average Bonchev–Trinajstić information content (AvgIpc) is 3.16. The summed E-state index contributed by atoms with van der Waals surface area (Å²) in [5, 5.41) is 12.6. The number of nitrogens with one attached hydrogen (secondary N) is 2. The van der Waals surface area contributed by atoms with Crippen molar-refractivity contribution in [1.82, 2.24) is 15.2 Å². The zero-order valence-electron chi connectivity index (χ0n) is 17.3. The maximum absolute atomic E-state index is 5.53. The number of aromatic amines is 1. The number of pyridine rings is 1. The molecule has 2 aromatic heterocycles. The second-order valence-electron chi connectivity index (χ2n) is 7.76. The number of benzene rings is 1. The molecule has 6 nitrogen and oxygen atoms in total. The average molecular weight is 395 g/mol. The summed E-state index contributed by atoms with van der Waals surface area (Å²) in [5.74, 6) is 3.00. The van der Waals surface area contributed by atoms with Crippen LogP contribution in [0.5, 0.6) is 11.5 Å². The highest BCUT2D eigenvalue weighted by molar-refractivity contribution is 5.91. The lowest BCUT2D eigenvalue weighted by Crippen LogP contribution is -2.07. The van der Waals surface area contributed by atoms with Gasteiger partial charge >= 0.3 is 0 Å². The first-order chi connectivity index (χ1) is 14.3. The lowest BCUT2D eigenvalue weighted by molar-refractivity contribution is 0.391. The van der Waals surface area contributed by atoms with Crippen molar-refractivity contribution in [1.29, 1.82) is 0 Å². The summed E-state index contributed by atoms with van der Waals surface area (Å²) in [7, 11) is 3.34. The van der Waals surface area contributed by atoms with Crippen molar-refractivity contribution >= 4 is 16.7 Å². The zero-order chi connectivity index (χ0) is 20.1. The second-order valence-corrected chi connectivity index (χ2v) is 7.76. The van der Waals surface area contributed by atoms with Crippen molar-refractivity contribution in [2.75, 3.05) is 19.5 Å². The van der Waals surface area contributed by atoms with Gasteiger partial charge in [-0.15, -0.1) is 0 Å². The number of rotatable bonds is 6. The Kier molecular flexibility index (Phi) is 6.17. The third-order valence-corrected chi connectivity index (χ3v) is 5.95. The van der Waals surface area contributed by atoms with Gasteiger partial charge in [0.25, 0.3) is 0 Å². The molecule has 0 aliphatic heterocycles. The predicted molar refractivity (Wildman–Crippen MR) is 116 cm³/mol. The normalized spacial score (nSPS) is 15.7. The third-order valence-electron chi connectivity index (χ3n) is 5.95. The van der Waals surface area contributed by atoms with Crippen molar-refractivity contribution in [2.45, 2.75) is 57.4 Å². The highest BCUT2D eigenvalue weighted by atomic mass is 16.5. The molecule has 0 saturated heterocycles. The second kappa shape index (κ2) is 9.16. The summed E-state index contributed by atoms with van der Waals surface area (Å²) < 4.78 is 10.8. The molecule has 1 saturated carbocycles. The Morgan fingerprint density at radius 3 is 2.59 bits per heavy atom. The first-order valence-electron chi connectivity index (χ1n) is 10.6. The fourth-order valence-electron chi connectivity index (χ4n) is 4.34. The van der Waals surface area contributed by atoms with E-state index in [1.54, 1.807) is 14.2 Å². The van der Waals surface area contributed by atoms with Gasteiger partial charge in [-0.25, -0.2) is 4.98 Å². The van der Waals surface area contributed by atoms with Crippen molar-refractivity contribution in [3.8, 4) is 11.5 Å². The van der Waals surface area contributed by atoms with Gasteiger partial charge in [0.2, 0.25) is 0 Å². The molecule has 29 heavy (non-hydrogen) atoms. The Labute approximate surface area is 172 Å². The van der Waals surface area contributed by atoms with E-state index in [1.165, 1.54) is 50.6 Å². The molecule has 4 rings (SSSR count). The smallest absolute Gasteiger partial charge is 0.137 e. The van der Waals surface area contributed by atoms with Crippen molar-refractivity contribution < 1.29 is 9.47 Å². The van der Waals surface area contributed by atoms with E-state index >= 15 is 0 Å². The number of H-pyrrole nitrogens is 1. The van der Waals surface area contributed by atoms with E-state index in [9.17, 15) is 0 Å². The minimum atomic E-state index is 0.528. The van der Waals surface area contributed by atoms with Gasteiger partial charge in [0.05, 0.1) is 25.1 Å². The highest BCUT2D eigenvalue weighted by Gasteiger charge is 2.21. The predicted octanol–water partition coefficient (Wildman–Crippen LogP) is 5.42. The molecule has 6 heteroatoms. The Balaban J connectivity index is 1.60. The molecule has 0 bridgehead atoms. The summed E-state index contributed by atoms with van der Waals surface area (Å²) >= 11 is 0. The van der Waals surface area contributed by atoms with Crippen molar-refractivity contribution in [3.63, 3.8) is 0 Å². The summed E-state index contributed by atoms with van der Waals surface area (Å²) in [4.78, 5) is 4.64. The van der Waals surface area contributed by atoms with Crippen LogP contribution in [-0.4, -0.2) is 29.4 Å². The molecular weight excluding hydrogens is 364 g/mol. The number of aromatic nitrogens is 3. The van der Waals surface area contributed by atoms with Gasteiger partial charge in [-0.1, -0.05) is 32.1 Å². The van der Waals surface area contributed by atoms with Crippen LogP contribution in [0.2, 0.25) is 0 Å². The van der Waals surface area contributed by atoms with E-state index in [4.69, 9.17) is 9.47 Å². The van der Waals surface area contributed by atoms with Crippen molar-refractivity contribution in [3.05, 3.63) is 41.7 Å². The van der Waals surface area contributed by atoms with Crippen LogP contribution in [0.25, 0.3) is 10.9 Å². The van der Waals surface area contributed by atoms with Gasteiger partial charge in [0.1, 0.15) is 17.3 Å². The molecule has 2 N–H and O–H groups in total. The van der Waals surface area contributed by atoms with E-state index in [0.29, 0.717) is 12.5 Å². The lowest BCUT2D eigenvalue weighted by Gasteiger charge is -2.19. The summed E-state index contributed by atoms with van der Waals surface area (Å²) in [6.07, 6.45) is 10.9. The number of anilines is 1. The fraction of sp³-hybridized carbons (Fsp3) is 0.478. The van der Waals surface area contributed by atoms with Crippen LogP contribution < -0.4 is 14.8 Å². The molecule has 0 spiro atoms. The Hall–Kier alpha value is -2.76. The van der Waals surface area contributed by atoms with Gasteiger partial charge in [0, 0.05) is 36.0 Å². The van der Waals surface area contributed by atoms with Crippen LogP contribution in [0, 0.1) is 0 Å². The first-order valence-corrected chi connectivity index (χ1v) is 10.6.